The second kappa shape index (κ2) is 2.75. The van der Waals surface area contributed by atoms with Crippen LogP contribution in [0.3, 0.4) is 0 Å². The Morgan fingerprint density at radius 2 is 2.00 bits per heavy atom. The highest BCUT2D eigenvalue weighted by atomic mass is 32.2. The van der Waals surface area contributed by atoms with Crippen molar-refractivity contribution in [1.29, 1.82) is 0 Å². The molecule has 2 unspecified atom stereocenters. The van der Waals surface area contributed by atoms with Crippen LogP contribution in [0.15, 0.2) is 0 Å². The Labute approximate surface area is 89.6 Å². The molecule has 1 saturated heterocycles. The molecule has 1 aliphatic heterocycles. The zero-order valence-electron chi connectivity index (χ0n) is 8.99. The first-order valence-corrected chi connectivity index (χ1v) is 6.98. The van der Waals surface area contributed by atoms with E-state index in [9.17, 15) is 13.2 Å². The summed E-state index contributed by atoms with van der Waals surface area (Å²) in [5.41, 5.74) is -0.859. The molecule has 1 N–H and O–H groups in total. The van der Waals surface area contributed by atoms with Gasteiger partial charge in [-0.1, -0.05) is 13.8 Å². The predicted molar refractivity (Wildman–Crippen MR) is 55.2 cm³/mol. The van der Waals surface area contributed by atoms with Crippen LogP contribution in [-0.2, 0) is 14.6 Å². The van der Waals surface area contributed by atoms with Crippen LogP contribution in [0.4, 0.5) is 0 Å². The molecule has 0 aromatic heterocycles. The first-order valence-electron chi connectivity index (χ1n) is 5.16. The molecule has 2 rings (SSSR count). The van der Waals surface area contributed by atoms with E-state index in [2.05, 4.69) is 0 Å². The molecule has 86 valence electrons. The fourth-order valence-electron chi connectivity index (χ4n) is 3.37. The molecule has 4 nitrogen and oxygen atoms in total. The van der Waals surface area contributed by atoms with Gasteiger partial charge in [-0.2, -0.15) is 0 Å². The van der Waals surface area contributed by atoms with E-state index in [-0.39, 0.29) is 16.9 Å². The van der Waals surface area contributed by atoms with Crippen LogP contribution in [0.1, 0.15) is 26.7 Å². The second-order valence-corrected chi connectivity index (χ2v) is 7.53. The van der Waals surface area contributed by atoms with E-state index in [0.29, 0.717) is 6.42 Å². The molecular weight excluding hydrogens is 216 g/mol. The molecule has 0 aromatic carbocycles. The zero-order valence-corrected chi connectivity index (χ0v) is 9.80. The fourth-order valence-corrected chi connectivity index (χ4v) is 5.56. The Kier molecular flexibility index (Phi) is 2.00. The zero-order chi connectivity index (χ0) is 11.5. The lowest BCUT2D eigenvalue weighted by Gasteiger charge is -2.24. The first-order chi connectivity index (χ1) is 6.73. The normalized spacial score (nSPS) is 41.3. The van der Waals surface area contributed by atoms with Gasteiger partial charge >= 0.3 is 5.97 Å². The molecule has 2 atom stereocenters. The van der Waals surface area contributed by atoms with E-state index >= 15 is 0 Å². The number of rotatable bonds is 1. The smallest absolute Gasteiger partial charge is 0.307 e. The van der Waals surface area contributed by atoms with Gasteiger partial charge < -0.3 is 5.11 Å². The SMILES string of the molecule is CC1(C)C(C(=O)O)C12CCCS(=O)(=O)C2. The summed E-state index contributed by atoms with van der Waals surface area (Å²) in [4.78, 5) is 11.1. The average Bonchev–Trinajstić information content (AvgIpc) is 2.43. The Morgan fingerprint density at radius 3 is 2.40 bits per heavy atom. The Bertz CT molecular complexity index is 409. The molecule has 2 aliphatic rings. The maximum atomic E-state index is 11.6. The molecule has 1 aliphatic carbocycles. The minimum Gasteiger partial charge on any atom is -0.481 e. The molecule has 15 heavy (non-hydrogen) atoms. The van der Waals surface area contributed by atoms with Crippen LogP contribution in [0, 0.1) is 16.7 Å². The summed E-state index contributed by atoms with van der Waals surface area (Å²) >= 11 is 0. The molecule has 1 spiro atoms. The van der Waals surface area contributed by atoms with Crippen molar-refractivity contribution in [2.45, 2.75) is 26.7 Å². The highest BCUT2D eigenvalue weighted by Crippen LogP contribution is 2.72. The Morgan fingerprint density at radius 1 is 1.40 bits per heavy atom. The van der Waals surface area contributed by atoms with Crippen LogP contribution in [0.2, 0.25) is 0 Å². The standard InChI is InChI=1S/C10H16O4S/c1-9(2)7(8(11)12)10(9)4-3-5-15(13,14)6-10/h7H,3-6H2,1-2H3,(H,11,12). The van der Waals surface area contributed by atoms with Crippen LogP contribution >= 0.6 is 0 Å². The van der Waals surface area contributed by atoms with E-state index in [1.54, 1.807) is 0 Å². The molecule has 5 heteroatoms. The molecule has 2 fully saturated rings. The number of sulfone groups is 1. The monoisotopic (exact) mass is 232 g/mol. The molecule has 0 radical (unpaired) electrons. The van der Waals surface area contributed by atoms with E-state index in [1.807, 2.05) is 13.8 Å². The lowest BCUT2D eigenvalue weighted by atomic mass is 9.92. The summed E-state index contributed by atoms with van der Waals surface area (Å²) < 4.78 is 23.1. The van der Waals surface area contributed by atoms with Crippen molar-refractivity contribution in [3.8, 4) is 0 Å². The van der Waals surface area contributed by atoms with Gasteiger partial charge in [-0.15, -0.1) is 0 Å². The third kappa shape index (κ3) is 1.32. The summed E-state index contributed by atoms with van der Waals surface area (Å²) in [5.74, 6) is -1.06. The highest BCUT2D eigenvalue weighted by Gasteiger charge is 2.75. The molecule has 0 amide bonds. The van der Waals surface area contributed by atoms with Crippen molar-refractivity contribution in [3.05, 3.63) is 0 Å². The molecule has 1 saturated carbocycles. The van der Waals surface area contributed by atoms with Crippen molar-refractivity contribution >= 4 is 15.8 Å². The third-order valence-corrected chi connectivity index (χ3v) is 6.14. The van der Waals surface area contributed by atoms with Gasteiger partial charge in [0.15, 0.2) is 9.84 Å². The van der Waals surface area contributed by atoms with Crippen molar-refractivity contribution < 1.29 is 18.3 Å². The topological polar surface area (TPSA) is 71.4 Å². The fraction of sp³-hybridized carbons (Fsp3) is 0.900. The van der Waals surface area contributed by atoms with Crippen LogP contribution in [0.25, 0.3) is 0 Å². The van der Waals surface area contributed by atoms with Crippen molar-refractivity contribution in [2.24, 2.45) is 16.7 Å². The number of carbonyl (C=O) groups is 1. The number of carboxylic acids is 1. The summed E-state index contributed by atoms with van der Waals surface area (Å²) in [6.07, 6.45) is 1.34. The lowest BCUT2D eigenvalue weighted by Crippen LogP contribution is -2.30. The minimum absolute atomic E-state index is 0.0595. The molecular formula is C10H16O4S. The summed E-state index contributed by atoms with van der Waals surface area (Å²) in [7, 11) is -3.03. The molecule has 0 aromatic rings. The summed E-state index contributed by atoms with van der Waals surface area (Å²) in [6, 6.07) is 0. The van der Waals surface area contributed by atoms with Crippen LogP contribution in [-0.4, -0.2) is 31.0 Å². The number of carboxylic acid groups (broad SMARTS) is 1. The van der Waals surface area contributed by atoms with Gasteiger partial charge in [0.05, 0.1) is 17.4 Å². The lowest BCUT2D eigenvalue weighted by molar-refractivity contribution is -0.139. The maximum absolute atomic E-state index is 11.6. The summed E-state index contributed by atoms with van der Waals surface area (Å²) in [5, 5.41) is 9.08. The van der Waals surface area contributed by atoms with E-state index in [1.165, 1.54) is 0 Å². The van der Waals surface area contributed by atoms with E-state index in [0.717, 1.165) is 6.42 Å². The van der Waals surface area contributed by atoms with Gasteiger partial charge in [-0.25, -0.2) is 8.42 Å². The Hall–Kier alpha value is -0.580. The van der Waals surface area contributed by atoms with E-state index < -0.39 is 27.1 Å². The van der Waals surface area contributed by atoms with Gasteiger partial charge in [0.25, 0.3) is 0 Å². The molecule has 0 bridgehead atoms. The van der Waals surface area contributed by atoms with Crippen molar-refractivity contribution in [3.63, 3.8) is 0 Å². The quantitative estimate of drug-likeness (QED) is 0.729. The molecule has 1 heterocycles. The van der Waals surface area contributed by atoms with Gasteiger partial charge in [-0.3, -0.25) is 4.79 Å². The first kappa shape index (κ1) is 10.9. The average molecular weight is 232 g/mol. The second-order valence-electron chi connectivity index (χ2n) is 5.34. The van der Waals surface area contributed by atoms with E-state index in [4.69, 9.17) is 5.11 Å². The van der Waals surface area contributed by atoms with Gasteiger partial charge in [0.2, 0.25) is 0 Å². The largest absolute Gasteiger partial charge is 0.481 e. The van der Waals surface area contributed by atoms with Gasteiger partial charge in [0.1, 0.15) is 0 Å². The number of hydrogen-bond acceptors (Lipinski definition) is 3. The highest BCUT2D eigenvalue weighted by molar-refractivity contribution is 7.91. The predicted octanol–water partition coefficient (Wildman–Crippen LogP) is 0.922. The third-order valence-electron chi connectivity index (χ3n) is 4.28. The minimum atomic E-state index is -3.03. The van der Waals surface area contributed by atoms with Gasteiger partial charge in [-0.05, 0) is 18.3 Å². The summed E-state index contributed by atoms with van der Waals surface area (Å²) in [6.45, 7) is 3.74. The number of hydrogen-bond donors (Lipinski definition) is 1. The van der Waals surface area contributed by atoms with Gasteiger partial charge in [0, 0.05) is 5.41 Å². The van der Waals surface area contributed by atoms with Crippen LogP contribution < -0.4 is 0 Å². The van der Waals surface area contributed by atoms with Crippen molar-refractivity contribution in [1.82, 2.24) is 0 Å². The Balaban J connectivity index is 2.34. The van der Waals surface area contributed by atoms with Crippen molar-refractivity contribution in [2.75, 3.05) is 11.5 Å². The number of aliphatic carboxylic acids is 1. The van der Waals surface area contributed by atoms with Crippen LogP contribution in [0.5, 0.6) is 0 Å². The maximum Gasteiger partial charge on any atom is 0.307 e.